The molecule has 0 bridgehead atoms. The number of esters is 1. The number of carbonyl (C=O) groups is 1. The highest BCUT2D eigenvalue weighted by atomic mass is 35.5. The van der Waals surface area contributed by atoms with E-state index in [0.717, 1.165) is 11.1 Å². The number of hydrogen-bond acceptors (Lipinski definition) is 6. The third kappa shape index (κ3) is 5.50. The van der Waals surface area contributed by atoms with E-state index in [4.69, 9.17) is 21.1 Å². The second-order valence-electron chi connectivity index (χ2n) is 10.8. The van der Waals surface area contributed by atoms with Gasteiger partial charge in [-0.2, -0.15) is 0 Å². The summed E-state index contributed by atoms with van der Waals surface area (Å²) in [6, 6.07) is 9.39. The minimum Gasteiger partial charge on any atom is -0.481 e. The normalized spacial score (nSPS) is 24.7. The molecule has 1 aliphatic carbocycles. The van der Waals surface area contributed by atoms with Gasteiger partial charge in [0.05, 0.1) is 19.8 Å². The van der Waals surface area contributed by atoms with E-state index >= 15 is 0 Å². The van der Waals surface area contributed by atoms with Gasteiger partial charge < -0.3 is 14.8 Å². The molecule has 7 heteroatoms. The predicted molar refractivity (Wildman–Crippen MR) is 139 cm³/mol. The van der Waals surface area contributed by atoms with E-state index < -0.39 is 6.04 Å². The summed E-state index contributed by atoms with van der Waals surface area (Å²) in [5.41, 5.74) is 3.11. The highest BCUT2D eigenvalue weighted by Gasteiger charge is 2.52. The molecule has 1 saturated carbocycles. The molecule has 0 spiro atoms. The van der Waals surface area contributed by atoms with Crippen LogP contribution >= 0.6 is 11.6 Å². The van der Waals surface area contributed by atoms with Gasteiger partial charge in [0.25, 0.3) is 0 Å². The van der Waals surface area contributed by atoms with Crippen LogP contribution in [0.1, 0.15) is 75.6 Å². The molecule has 2 heterocycles. The number of benzene rings is 1. The third-order valence-electron chi connectivity index (χ3n) is 7.49. The minimum atomic E-state index is -0.449. The summed E-state index contributed by atoms with van der Waals surface area (Å²) < 4.78 is 11.1. The Balaban J connectivity index is 1.68. The van der Waals surface area contributed by atoms with Gasteiger partial charge in [-0.25, -0.2) is 4.98 Å². The lowest BCUT2D eigenvalue weighted by Crippen LogP contribution is -2.47. The summed E-state index contributed by atoms with van der Waals surface area (Å²) in [7, 11) is 1.66. The Labute approximate surface area is 214 Å². The van der Waals surface area contributed by atoms with E-state index in [2.05, 4.69) is 42.5 Å². The number of methoxy groups -OCH3 is 1. The molecule has 1 aromatic heterocycles. The maximum absolute atomic E-state index is 13.1. The second kappa shape index (κ2) is 10.9. The topological polar surface area (TPSA) is 72.5 Å². The smallest absolute Gasteiger partial charge is 0.323 e. The number of pyridine rings is 1. The van der Waals surface area contributed by atoms with Crippen molar-refractivity contribution in [2.45, 2.75) is 77.5 Å². The van der Waals surface area contributed by atoms with Crippen LogP contribution < -0.4 is 15.4 Å². The van der Waals surface area contributed by atoms with Gasteiger partial charge in [0.15, 0.2) is 0 Å². The number of carbonyl (C=O) groups excluding carboxylic acids is 1. The molecule has 6 nitrogen and oxygen atoms in total. The first kappa shape index (κ1) is 25.9. The summed E-state index contributed by atoms with van der Waals surface area (Å²) in [4.78, 5) is 17.7. The van der Waals surface area contributed by atoms with Crippen molar-refractivity contribution in [1.82, 2.24) is 15.6 Å². The van der Waals surface area contributed by atoms with Crippen LogP contribution in [-0.2, 0) is 16.1 Å². The number of hydrogen-bond donors (Lipinski definition) is 2. The molecule has 0 amide bonds. The Morgan fingerprint density at radius 1 is 1.26 bits per heavy atom. The lowest BCUT2D eigenvalue weighted by molar-refractivity contribution is -0.147. The van der Waals surface area contributed by atoms with Crippen molar-refractivity contribution in [2.75, 3.05) is 13.7 Å². The summed E-state index contributed by atoms with van der Waals surface area (Å²) in [5.74, 6) is 0.971. The Morgan fingerprint density at radius 2 is 2.00 bits per heavy atom. The summed E-state index contributed by atoms with van der Waals surface area (Å²) in [6.07, 6.45) is 5.66. The summed E-state index contributed by atoms with van der Waals surface area (Å²) >= 11 is 6.65. The highest BCUT2D eigenvalue weighted by molar-refractivity contribution is 6.31. The Morgan fingerprint density at radius 3 is 2.60 bits per heavy atom. The molecule has 4 rings (SSSR count). The zero-order valence-electron chi connectivity index (χ0n) is 21.4. The maximum Gasteiger partial charge on any atom is 0.323 e. The zero-order valence-corrected chi connectivity index (χ0v) is 22.2. The largest absolute Gasteiger partial charge is 0.481 e. The first-order valence-electron chi connectivity index (χ1n) is 12.7. The van der Waals surface area contributed by atoms with Gasteiger partial charge in [0.2, 0.25) is 5.88 Å². The molecular formula is C28H38ClN3O3. The Hall–Kier alpha value is -2.15. The number of ether oxygens (including phenoxy) is 2. The van der Waals surface area contributed by atoms with E-state index in [-0.39, 0.29) is 29.4 Å². The molecule has 2 N–H and O–H groups in total. The van der Waals surface area contributed by atoms with Gasteiger partial charge in [0.1, 0.15) is 6.04 Å². The van der Waals surface area contributed by atoms with Crippen molar-refractivity contribution in [3.8, 4) is 5.88 Å². The quantitative estimate of drug-likeness (QED) is 0.473. The van der Waals surface area contributed by atoms with Crippen molar-refractivity contribution < 1.29 is 14.3 Å². The molecule has 2 fully saturated rings. The zero-order chi connectivity index (χ0) is 25.2. The summed E-state index contributed by atoms with van der Waals surface area (Å²) in [6.45, 7) is 9.29. The molecule has 4 atom stereocenters. The van der Waals surface area contributed by atoms with Gasteiger partial charge in [-0.3, -0.25) is 10.1 Å². The fraction of sp³-hybridized carbons (Fsp3) is 0.571. The van der Waals surface area contributed by atoms with Crippen LogP contribution in [0.3, 0.4) is 0 Å². The fourth-order valence-electron chi connectivity index (χ4n) is 5.58. The van der Waals surface area contributed by atoms with E-state index in [1.807, 2.05) is 37.4 Å². The van der Waals surface area contributed by atoms with Crippen LogP contribution in [0, 0.1) is 11.3 Å². The number of rotatable bonds is 8. The van der Waals surface area contributed by atoms with Crippen LogP contribution in [0.2, 0.25) is 5.02 Å². The van der Waals surface area contributed by atoms with Crippen molar-refractivity contribution in [3.63, 3.8) is 0 Å². The fourth-order valence-corrected chi connectivity index (χ4v) is 5.83. The van der Waals surface area contributed by atoms with Gasteiger partial charge in [-0.15, -0.1) is 0 Å². The average Bonchev–Trinajstić information content (AvgIpc) is 3.17. The van der Waals surface area contributed by atoms with Crippen LogP contribution in [-0.4, -0.2) is 36.8 Å². The van der Waals surface area contributed by atoms with E-state index in [9.17, 15) is 4.79 Å². The molecule has 0 radical (unpaired) electrons. The lowest BCUT2D eigenvalue weighted by Gasteiger charge is -2.36. The molecule has 1 saturated heterocycles. The van der Waals surface area contributed by atoms with Crippen molar-refractivity contribution in [2.24, 2.45) is 11.3 Å². The standard InChI is InChI=1S/C28H38ClN3O3/c1-6-35-27(33)25-22(28(2,3)4)24(23(32-25)20-12-7-8-13-21(20)29)30-16-19-14-18(17-10-9-11-17)15-31-26(19)34-5/h7-8,12-15,17,22-25,30,32H,6,9-11,16H2,1-5H3/t22-,23-,24-,25-/m0/s1. The van der Waals surface area contributed by atoms with Crippen LogP contribution in [0.25, 0.3) is 0 Å². The van der Waals surface area contributed by atoms with E-state index in [1.54, 1.807) is 7.11 Å². The molecule has 1 aliphatic heterocycles. The van der Waals surface area contributed by atoms with Gasteiger partial charge in [0, 0.05) is 35.3 Å². The van der Waals surface area contributed by atoms with Crippen molar-refractivity contribution in [3.05, 3.63) is 58.2 Å². The maximum atomic E-state index is 13.1. The molecule has 1 aromatic carbocycles. The Kier molecular flexibility index (Phi) is 8.04. The third-order valence-corrected chi connectivity index (χ3v) is 7.83. The molecule has 2 aliphatic rings. The molecule has 2 aromatic rings. The first-order chi connectivity index (χ1) is 16.7. The van der Waals surface area contributed by atoms with Crippen LogP contribution in [0.4, 0.5) is 0 Å². The average molecular weight is 500 g/mol. The number of halogens is 1. The molecular weight excluding hydrogens is 462 g/mol. The van der Waals surface area contributed by atoms with Gasteiger partial charge in [-0.05, 0) is 54.4 Å². The first-order valence-corrected chi connectivity index (χ1v) is 13.1. The van der Waals surface area contributed by atoms with Crippen molar-refractivity contribution in [1.29, 1.82) is 0 Å². The minimum absolute atomic E-state index is 0.0309. The highest BCUT2D eigenvalue weighted by Crippen LogP contribution is 2.44. The molecule has 190 valence electrons. The number of aromatic nitrogens is 1. The van der Waals surface area contributed by atoms with E-state index in [0.29, 0.717) is 30.0 Å². The monoisotopic (exact) mass is 499 g/mol. The second-order valence-corrected chi connectivity index (χ2v) is 11.2. The SMILES string of the molecule is CCOC(=O)[C@H]1N[C@@H](c2ccccc2Cl)[C@@H](NCc2cc(C3CCC3)cnc2OC)[C@@H]1C(C)(C)C. The number of nitrogens with zero attached hydrogens (tertiary/aromatic N) is 1. The molecule has 0 unspecified atom stereocenters. The van der Waals surface area contributed by atoms with Crippen LogP contribution in [0.15, 0.2) is 36.5 Å². The van der Waals surface area contributed by atoms with Crippen LogP contribution in [0.5, 0.6) is 5.88 Å². The lowest BCUT2D eigenvalue weighted by atomic mass is 9.72. The van der Waals surface area contributed by atoms with Gasteiger partial charge >= 0.3 is 5.97 Å². The molecule has 35 heavy (non-hydrogen) atoms. The Bertz CT molecular complexity index is 1030. The van der Waals surface area contributed by atoms with E-state index in [1.165, 1.54) is 24.8 Å². The number of nitrogens with one attached hydrogen (secondary N) is 2. The predicted octanol–water partition coefficient (Wildman–Crippen LogP) is 5.41. The summed E-state index contributed by atoms with van der Waals surface area (Å²) in [5, 5.41) is 8.05. The van der Waals surface area contributed by atoms with Gasteiger partial charge in [-0.1, -0.05) is 57.0 Å². The van der Waals surface area contributed by atoms with Crippen molar-refractivity contribution >= 4 is 17.6 Å².